The minimum atomic E-state index is -0.756. The zero-order chi connectivity index (χ0) is 13.0. The summed E-state index contributed by atoms with van der Waals surface area (Å²) < 4.78 is 13.8. The summed E-state index contributed by atoms with van der Waals surface area (Å²) in [6, 6.07) is 0. The number of ketones is 1. The van der Waals surface area contributed by atoms with E-state index in [1.54, 1.807) is 0 Å². The monoisotopic (exact) mass is 240 g/mol. The average molecular weight is 240 g/mol. The fraction of sp³-hybridized carbons (Fsp3) is 0.364. The molecule has 0 aliphatic heterocycles. The van der Waals surface area contributed by atoms with Gasteiger partial charge in [-0.05, 0) is 0 Å². The molecule has 0 heterocycles. The zero-order valence-corrected chi connectivity index (χ0v) is 9.73. The number of methoxy groups -OCH3 is 3. The second-order valence-electron chi connectivity index (χ2n) is 3.15. The highest BCUT2D eigenvalue weighted by atomic mass is 16.5. The molecule has 0 saturated heterocycles. The smallest absolute Gasteiger partial charge is 0.341 e. The zero-order valence-electron chi connectivity index (χ0n) is 9.73. The normalized spacial score (nSPS) is 15.2. The molecule has 92 valence electrons. The molecule has 6 nitrogen and oxygen atoms in total. The quantitative estimate of drug-likeness (QED) is 0.515. The van der Waals surface area contributed by atoms with Crippen LogP contribution >= 0.6 is 0 Å². The van der Waals surface area contributed by atoms with Crippen LogP contribution < -0.4 is 0 Å². The number of carbonyl (C=O) groups is 3. The summed E-state index contributed by atoms with van der Waals surface area (Å²) in [5.41, 5.74) is -0.0512. The summed E-state index contributed by atoms with van der Waals surface area (Å²) in [5, 5.41) is 0. The van der Waals surface area contributed by atoms with Crippen LogP contribution in [0.2, 0.25) is 0 Å². The molecule has 0 bridgehead atoms. The summed E-state index contributed by atoms with van der Waals surface area (Å²) in [4.78, 5) is 34.5. The average Bonchev–Trinajstić information content (AvgIpc) is 2.36. The van der Waals surface area contributed by atoms with Gasteiger partial charge < -0.3 is 14.2 Å². The third-order valence-electron chi connectivity index (χ3n) is 2.28. The van der Waals surface area contributed by atoms with E-state index in [-0.39, 0.29) is 23.3 Å². The summed E-state index contributed by atoms with van der Waals surface area (Å²) in [5.74, 6) is -2.27. The van der Waals surface area contributed by atoms with Crippen LogP contribution in [-0.4, -0.2) is 39.1 Å². The first-order valence-corrected chi connectivity index (χ1v) is 4.75. The predicted molar refractivity (Wildman–Crippen MR) is 55.8 cm³/mol. The molecule has 1 aliphatic rings. The maximum absolute atomic E-state index is 11.8. The Morgan fingerprint density at radius 3 is 2.18 bits per heavy atom. The Morgan fingerprint density at radius 2 is 1.71 bits per heavy atom. The van der Waals surface area contributed by atoms with Crippen molar-refractivity contribution in [2.45, 2.75) is 6.42 Å². The Hall–Kier alpha value is -2.11. The maximum Gasteiger partial charge on any atom is 0.341 e. The highest BCUT2D eigenvalue weighted by Gasteiger charge is 2.32. The minimum absolute atomic E-state index is 0.0893. The predicted octanol–water partition coefficient (Wildman–Crippen LogP) is 0.132. The molecule has 0 radical (unpaired) electrons. The topological polar surface area (TPSA) is 78.9 Å². The molecule has 0 aromatic carbocycles. The van der Waals surface area contributed by atoms with Gasteiger partial charge in [0.1, 0.15) is 5.57 Å². The standard InChI is InChI=1S/C11H12O6/c1-15-9-7(11(14)17-3)5-4-6(8(9)12)10(13)16-2/h4H,5H2,1-3H3. The molecule has 0 unspecified atom stereocenters. The lowest BCUT2D eigenvalue weighted by atomic mass is 9.96. The van der Waals surface area contributed by atoms with Gasteiger partial charge in [-0.15, -0.1) is 0 Å². The number of rotatable bonds is 3. The van der Waals surface area contributed by atoms with Gasteiger partial charge in [0.2, 0.25) is 5.78 Å². The van der Waals surface area contributed by atoms with Crippen LogP contribution in [0.1, 0.15) is 6.42 Å². The first-order valence-electron chi connectivity index (χ1n) is 4.75. The molecule has 1 rings (SSSR count). The Kier molecular flexibility index (Phi) is 4.03. The van der Waals surface area contributed by atoms with Crippen LogP contribution in [0, 0.1) is 0 Å². The van der Waals surface area contributed by atoms with Crippen molar-refractivity contribution in [3.05, 3.63) is 23.0 Å². The molecule has 0 atom stereocenters. The Balaban J connectivity index is 3.11. The molecule has 0 aromatic heterocycles. The second kappa shape index (κ2) is 5.29. The lowest BCUT2D eigenvalue weighted by molar-refractivity contribution is -0.139. The fourth-order valence-electron chi connectivity index (χ4n) is 1.45. The summed E-state index contributed by atoms with van der Waals surface area (Å²) in [6.45, 7) is 0. The van der Waals surface area contributed by atoms with E-state index in [1.807, 2.05) is 0 Å². The summed E-state index contributed by atoms with van der Waals surface area (Å²) in [7, 11) is 3.62. The minimum Gasteiger partial charge on any atom is -0.492 e. The molecule has 0 spiro atoms. The van der Waals surface area contributed by atoms with Crippen LogP contribution in [-0.2, 0) is 28.6 Å². The van der Waals surface area contributed by atoms with Crippen molar-refractivity contribution in [2.75, 3.05) is 21.3 Å². The van der Waals surface area contributed by atoms with E-state index in [1.165, 1.54) is 27.4 Å². The molecule has 0 N–H and O–H groups in total. The number of hydrogen-bond donors (Lipinski definition) is 0. The van der Waals surface area contributed by atoms with Gasteiger partial charge in [0, 0.05) is 6.42 Å². The van der Waals surface area contributed by atoms with Crippen LogP contribution in [0.3, 0.4) is 0 Å². The third kappa shape index (κ3) is 2.35. The van der Waals surface area contributed by atoms with Gasteiger partial charge in [-0.1, -0.05) is 6.08 Å². The van der Waals surface area contributed by atoms with Crippen molar-refractivity contribution in [1.82, 2.24) is 0 Å². The largest absolute Gasteiger partial charge is 0.492 e. The SMILES string of the molecule is COC(=O)C1=CCC(C(=O)OC)=C(OC)C1=O. The molecular weight excluding hydrogens is 228 g/mol. The van der Waals surface area contributed by atoms with Crippen molar-refractivity contribution in [1.29, 1.82) is 0 Å². The van der Waals surface area contributed by atoms with Crippen LogP contribution in [0.25, 0.3) is 0 Å². The molecule has 0 saturated carbocycles. The summed E-state index contributed by atoms with van der Waals surface area (Å²) >= 11 is 0. The molecule has 0 aromatic rings. The van der Waals surface area contributed by atoms with Crippen molar-refractivity contribution in [3.63, 3.8) is 0 Å². The molecule has 17 heavy (non-hydrogen) atoms. The lowest BCUT2D eigenvalue weighted by Crippen LogP contribution is -2.24. The van der Waals surface area contributed by atoms with Crippen molar-refractivity contribution >= 4 is 17.7 Å². The molecule has 6 heteroatoms. The third-order valence-corrected chi connectivity index (χ3v) is 2.28. The van der Waals surface area contributed by atoms with Gasteiger partial charge in [-0.25, -0.2) is 9.59 Å². The van der Waals surface area contributed by atoms with Gasteiger partial charge >= 0.3 is 11.9 Å². The second-order valence-corrected chi connectivity index (χ2v) is 3.15. The number of ether oxygens (including phenoxy) is 3. The van der Waals surface area contributed by atoms with Gasteiger partial charge in [0.15, 0.2) is 5.76 Å². The van der Waals surface area contributed by atoms with E-state index >= 15 is 0 Å². The first-order chi connectivity index (χ1) is 8.06. The highest BCUT2D eigenvalue weighted by molar-refractivity contribution is 6.25. The molecule has 1 aliphatic carbocycles. The Morgan fingerprint density at radius 1 is 1.12 bits per heavy atom. The number of Topliss-reactive ketones (excluding diaryl/α,β-unsaturated/α-hetero) is 1. The van der Waals surface area contributed by atoms with Crippen LogP contribution in [0.4, 0.5) is 0 Å². The summed E-state index contributed by atoms with van der Waals surface area (Å²) in [6.07, 6.45) is 1.41. The van der Waals surface area contributed by atoms with Gasteiger partial charge in [0.25, 0.3) is 0 Å². The van der Waals surface area contributed by atoms with E-state index in [0.29, 0.717) is 0 Å². The molecular formula is C11H12O6. The molecule has 0 amide bonds. The molecule has 0 fully saturated rings. The van der Waals surface area contributed by atoms with Crippen molar-refractivity contribution < 1.29 is 28.6 Å². The van der Waals surface area contributed by atoms with Crippen LogP contribution in [0.5, 0.6) is 0 Å². The van der Waals surface area contributed by atoms with Gasteiger partial charge in [-0.3, -0.25) is 4.79 Å². The lowest BCUT2D eigenvalue weighted by Gasteiger charge is -2.16. The Bertz CT molecular complexity index is 429. The number of esters is 2. The van der Waals surface area contributed by atoms with Crippen molar-refractivity contribution in [2.24, 2.45) is 0 Å². The van der Waals surface area contributed by atoms with Crippen LogP contribution in [0.15, 0.2) is 23.0 Å². The maximum atomic E-state index is 11.8. The number of hydrogen-bond acceptors (Lipinski definition) is 6. The fourth-order valence-corrected chi connectivity index (χ4v) is 1.45. The number of allylic oxidation sites excluding steroid dienone is 2. The van der Waals surface area contributed by atoms with E-state index in [9.17, 15) is 14.4 Å². The first kappa shape index (κ1) is 13.0. The van der Waals surface area contributed by atoms with E-state index in [4.69, 9.17) is 4.74 Å². The van der Waals surface area contributed by atoms with E-state index in [2.05, 4.69) is 9.47 Å². The highest BCUT2D eigenvalue weighted by Crippen LogP contribution is 2.23. The van der Waals surface area contributed by atoms with E-state index in [0.717, 1.165) is 0 Å². The number of carbonyl (C=O) groups excluding carboxylic acids is 3. The van der Waals surface area contributed by atoms with E-state index < -0.39 is 17.7 Å². The van der Waals surface area contributed by atoms with Crippen molar-refractivity contribution in [3.8, 4) is 0 Å². The Labute approximate surface area is 97.8 Å². The van der Waals surface area contributed by atoms with Gasteiger partial charge in [0.05, 0.1) is 26.9 Å². The van der Waals surface area contributed by atoms with Gasteiger partial charge in [-0.2, -0.15) is 0 Å².